The third kappa shape index (κ3) is 5.17. The van der Waals surface area contributed by atoms with Crippen LogP contribution in [-0.2, 0) is 10.5 Å². The maximum absolute atomic E-state index is 12.9. The molecule has 1 atom stereocenters. The van der Waals surface area contributed by atoms with Gasteiger partial charge in [-0.05, 0) is 36.2 Å². The van der Waals surface area contributed by atoms with Crippen LogP contribution in [0.25, 0.3) is 0 Å². The minimum Gasteiger partial charge on any atom is -0.368 e. The van der Waals surface area contributed by atoms with E-state index in [0.717, 1.165) is 5.56 Å². The third-order valence-electron chi connectivity index (χ3n) is 4.20. The van der Waals surface area contributed by atoms with Crippen LogP contribution in [0.5, 0.6) is 0 Å². The molecule has 0 saturated heterocycles. The Hall–Kier alpha value is -1.93. The summed E-state index contributed by atoms with van der Waals surface area (Å²) in [5.74, 6) is 0.456. The van der Waals surface area contributed by atoms with Crippen molar-refractivity contribution in [3.63, 3.8) is 0 Å². The number of nitrogens with zero attached hydrogens (tertiary/aromatic N) is 3. The zero-order valence-corrected chi connectivity index (χ0v) is 18.5. The van der Waals surface area contributed by atoms with Crippen LogP contribution in [-0.4, -0.2) is 20.7 Å². The molecule has 29 heavy (non-hydrogen) atoms. The van der Waals surface area contributed by atoms with Crippen molar-refractivity contribution in [3.8, 4) is 0 Å². The highest BCUT2D eigenvalue weighted by Crippen LogP contribution is 2.31. The molecule has 1 heterocycles. The van der Waals surface area contributed by atoms with Gasteiger partial charge in [0.05, 0.1) is 10.7 Å². The standard InChI is InChI=1S/C19H18Cl3N5OS/c1-2-16(17(28)24-15-8-7-12(20)9-14(15)22)27-18(23)25-26-19(27)29-10-11-5-3-4-6-13(11)21/h3-9,16H,2,10H2,1H3,(H2,23,25)(H,24,28). The number of nitrogens with one attached hydrogen (secondary N) is 1. The molecule has 0 saturated carbocycles. The van der Waals surface area contributed by atoms with Gasteiger partial charge in [0.1, 0.15) is 6.04 Å². The van der Waals surface area contributed by atoms with E-state index in [1.54, 1.807) is 22.8 Å². The predicted molar refractivity (Wildman–Crippen MR) is 120 cm³/mol. The van der Waals surface area contributed by atoms with Gasteiger partial charge >= 0.3 is 0 Å². The Morgan fingerprint density at radius 1 is 1.17 bits per heavy atom. The first-order valence-corrected chi connectivity index (χ1v) is 10.8. The summed E-state index contributed by atoms with van der Waals surface area (Å²) in [5.41, 5.74) is 7.45. The number of carbonyl (C=O) groups excluding carboxylic acids is 1. The number of aromatic nitrogens is 3. The van der Waals surface area contributed by atoms with Crippen molar-refractivity contribution in [1.82, 2.24) is 14.8 Å². The summed E-state index contributed by atoms with van der Waals surface area (Å²) in [6, 6.07) is 11.8. The van der Waals surface area contributed by atoms with Crippen molar-refractivity contribution in [3.05, 3.63) is 63.1 Å². The van der Waals surface area contributed by atoms with Crippen LogP contribution in [0.3, 0.4) is 0 Å². The van der Waals surface area contributed by atoms with Crippen molar-refractivity contribution < 1.29 is 4.79 Å². The fourth-order valence-corrected chi connectivity index (χ4v) is 4.46. The molecular weight excluding hydrogens is 453 g/mol. The molecule has 1 aromatic heterocycles. The van der Waals surface area contributed by atoms with Gasteiger partial charge in [-0.2, -0.15) is 0 Å². The Labute approximate surface area is 187 Å². The van der Waals surface area contributed by atoms with Crippen LogP contribution < -0.4 is 11.1 Å². The van der Waals surface area contributed by atoms with Gasteiger partial charge in [0, 0.05) is 15.8 Å². The summed E-state index contributed by atoms with van der Waals surface area (Å²) in [6.07, 6.45) is 0.485. The van der Waals surface area contributed by atoms with Crippen LogP contribution in [0.1, 0.15) is 24.9 Å². The van der Waals surface area contributed by atoms with Gasteiger partial charge in [-0.15, -0.1) is 10.2 Å². The molecule has 3 rings (SSSR count). The van der Waals surface area contributed by atoms with Gasteiger partial charge in [-0.25, -0.2) is 0 Å². The first kappa shape index (κ1) is 21.8. The molecule has 0 radical (unpaired) electrons. The molecule has 1 amide bonds. The average Bonchev–Trinajstić information content (AvgIpc) is 3.05. The number of hydrogen-bond donors (Lipinski definition) is 2. The number of amides is 1. The monoisotopic (exact) mass is 469 g/mol. The lowest BCUT2D eigenvalue weighted by Gasteiger charge is -2.19. The topological polar surface area (TPSA) is 85.8 Å². The molecule has 1 unspecified atom stereocenters. The number of carbonyl (C=O) groups is 1. The van der Waals surface area contributed by atoms with Crippen LogP contribution in [0.15, 0.2) is 47.6 Å². The lowest BCUT2D eigenvalue weighted by molar-refractivity contribution is -0.119. The van der Waals surface area contributed by atoms with Crippen LogP contribution >= 0.6 is 46.6 Å². The van der Waals surface area contributed by atoms with E-state index < -0.39 is 6.04 Å². The summed E-state index contributed by atoms with van der Waals surface area (Å²) in [4.78, 5) is 12.9. The first-order chi connectivity index (χ1) is 13.9. The fourth-order valence-electron chi connectivity index (χ4n) is 2.73. The van der Waals surface area contributed by atoms with Crippen LogP contribution in [0.4, 0.5) is 11.6 Å². The molecule has 6 nitrogen and oxygen atoms in total. The van der Waals surface area contributed by atoms with E-state index in [0.29, 0.717) is 38.1 Å². The van der Waals surface area contributed by atoms with Gasteiger partial charge in [-0.3, -0.25) is 9.36 Å². The van der Waals surface area contributed by atoms with Crippen LogP contribution in [0.2, 0.25) is 15.1 Å². The Morgan fingerprint density at radius 3 is 2.62 bits per heavy atom. The van der Waals surface area contributed by atoms with E-state index >= 15 is 0 Å². The van der Waals surface area contributed by atoms with Gasteiger partial charge in [0.15, 0.2) is 5.16 Å². The van der Waals surface area contributed by atoms with E-state index in [4.69, 9.17) is 40.5 Å². The maximum Gasteiger partial charge on any atom is 0.247 e. The van der Waals surface area contributed by atoms with E-state index in [-0.39, 0.29) is 11.9 Å². The molecule has 10 heteroatoms. The molecule has 0 fully saturated rings. The minimum absolute atomic E-state index is 0.163. The summed E-state index contributed by atoms with van der Waals surface area (Å²) in [7, 11) is 0. The Balaban J connectivity index is 1.81. The molecule has 0 aliphatic carbocycles. The summed E-state index contributed by atoms with van der Waals surface area (Å²) < 4.78 is 1.63. The Morgan fingerprint density at radius 2 is 1.93 bits per heavy atom. The summed E-state index contributed by atoms with van der Waals surface area (Å²) in [6.45, 7) is 1.88. The van der Waals surface area contributed by atoms with Gasteiger partial charge < -0.3 is 11.1 Å². The molecule has 0 aliphatic heterocycles. The van der Waals surface area contributed by atoms with E-state index in [2.05, 4.69) is 15.5 Å². The van der Waals surface area contributed by atoms with Gasteiger partial charge in [-0.1, -0.05) is 71.7 Å². The zero-order chi connectivity index (χ0) is 21.0. The largest absolute Gasteiger partial charge is 0.368 e. The normalized spacial score (nSPS) is 12.0. The average molecular weight is 471 g/mol. The number of hydrogen-bond acceptors (Lipinski definition) is 5. The molecule has 2 aromatic carbocycles. The second-order valence-electron chi connectivity index (χ2n) is 6.13. The first-order valence-electron chi connectivity index (χ1n) is 8.73. The number of nitrogen functional groups attached to an aromatic ring is 1. The van der Waals surface area contributed by atoms with E-state index in [9.17, 15) is 4.79 Å². The van der Waals surface area contributed by atoms with Crippen molar-refractivity contribution in [2.24, 2.45) is 0 Å². The van der Waals surface area contributed by atoms with Crippen molar-refractivity contribution in [1.29, 1.82) is 0 Å². The molecule has 0 spiro atoms. The molecule has 0 bridgehead atoms. The highest BCUT2D eigenvalue weighted by atomic mass is 35.5. The number of nitrogens with two attached hydrogens (primary N) is 1. The highest BCUT2D eigenvalue weighted by molar-refractivity contribution is 7.98. The van der Waals surface area contributed by atoms with E-state index in [1.165, 1.54) is 11.8 Å². The zero-order valence-electron chi connectivity index (χ0n) is 15.4. The Bertz CT molecular complexity index is 1030. The molecule has 152 valence electrons. The number of halogens is 3. The molecular formula is C19H18Cl3N5OS. The Kier molecular flexibility index (Phi) is 7.29. The maximum atomic E-state index is 12.9. The van der Waals surface area contributed by atoms with Crippen molar-refractivity contribution in [2.45, 2.75) is 30.3 Å². The lowest BCUT2D eigenvalue weighted by Crippen LogP contribution is -2.27. The lowest BCUT2D eigenvalue weighted by atomic mass is 10.2. The number of thioether (sulfide) groups is 1. The predicted octanol–water partition coefficient (Wildman–Crippen LogP) is 5.70. The highest BCUT2D eigenvalue weighted by Gasteiger charge is 2.25. The smallest absolute Gasteiger partial charge is 0.247 e. The van der Waals surface area contributed by atoms with Gasteiger partial charge in [0.25, 0.3) is 0 Å². The van der Waals surface area contributed by atoms with Crippen molar-refractivity contribution in [2.75, 3.05) is 11.1 Å². The minimum atomic E-state index is -0.606. The van der Waals surface area contributed by atoms with Crippen molar-refractivity contribution >= 4 is 64.1 Å². The number of benzene rings is 2. The number of rotatable bonds is 7. The summed E-state index contributed by atoms with van der Waals surface area (Å²) in [5, 5.41) is 12.9. The third-order valence-corrected chi connectivity index (χ3v) is 6.10. The summed E-state index contributed by atoms with van der Waals surface area (Å²) >= 11 is 19.7. The number of anilines is 2. The SMILES string of the molecule is CCC(C(=O)Nc1ccc(Cl)cc1Cl)n1c(N)nnc1SCc1ccccc1Cl. The fraction of sp³-hybridized carbons (Fsp3) is 0.211. The van der Waals surface area contributed by atoms with Gasteiger partial charge in [0.2, 0.25) is 11.9 Å². The van der Waals surface area contributed by atoms with E-state index in [1.807, 2.05) is 31.2 Å². The molecule has 0 aliphatic rings. The molecule has 3 aromatic rings. The molecule has 3 N–H and O–H groups in total. The quantitative estimate of drug-likeness (QED) is 0.432. The van der Waals surface area contributed by atoms with Crippen LogP contribution in [0, 0.1) is 0 Å². The second kappa shape index (κ2) is 9.71. The second-order valence-corrected chi connectivity index (χ2v) is 8.32.